The number of thioether (sulfide) groups is 1. The molecule has 3 heterocycles. The van der Waals surface area contributed by atoms with Gasteiger partial charge in [0.1, 0.15) is 10.4 Å². The molecule has 0 unspecified atom stereocenters. The van der Waals surface area contributed by atoms with Crippen molar-refractivity contribution < 1.29 is 45.8 Å². The first-order chi connectivity index (χ1) is 19.1. The Labute approximate surface area is 243 Å². The van der Waals surface area contributed by atoms with E-state index >= 15 is 0 Å². The molecule has 0 spiro atoms. The van der Waals surface area contributed by atoms with Crippen LogP contribution in [0, 0.1) is 0 Å². The number of alkyl halides is 6. The molecule has 2 aromatic rings. The van der Waals surface area contributed by atoms with Crippen LogP contribution in [0.3, 0.4) is 0 Å². The fraction of sp³-hybridized carbons (Fsp3) is 0.360. The second kappa shape index (κ2) is 12.1. The monoisotopic (exact) mass is 637 g/mol. The molecular weight excluding hydrogens is 616 g/mol. The largest absolute Gasteiger partial charge is 0.480 e. The summed E-state index contributed by atoms with van der Waals surface area (Å²) in [6.45, 7) is 0.407. The molecule has 0 aliphatic carbocycles. The van der Waals surface area contributed by atoms with Gasteiger partial charge < -0.3 is 15.7 Å². The number of aliphatic carboxylic acids is 1. The third-order valence-corrected chi connectivity index (χ3v) is 8.57. The minimum atomic E-state index is -4.98. The molecule has 0 saturated carbocycles. The average molecular weight is 638 g/mol. The van der Waals surface area contributed by atoms with E-state index in [2.05, 4.69) is 10.6 Å². The summed E-state index contributed by atoms with van der Waals surface area (Å²) < 4.78 is 79.6. The Morgan fingerprint density at radius 2 is 1.76 bits per heavy atom. The zero-order valence-corrected chi connectivity index (χ0v) is 23.2. The van der Waals surface area contributed by atoms with Gasteiger partial charge in [-0.3, -0.25) is 19.3 Å². The standard InChI is InChI=1S/C25H21F6N3O4S3/c26-24(27,28)14-5-12(6-15(8-14)25(29,30)31)13-7-17(40-11-13)10-19-21(36)34(23(39)41-19)4-2-20(35)33-16-1-3-32-18(9-16)22(37)38/h5-8,10-11,16,18,32H,1-4,9H2,(H,33,35)(H,37,38)/t16-,18-/m0/s1. The number of carbonyl (C=O) groups excluding carboxylic acids is 2. The number of nitrogens with zero attached hydrogens (tertiary/aromatic N) is 1. The van der Waals surface area contributed by atoms with Crippen molar-refractivity contribution in [2.45, 2.75) is 43.7 Å². The minimum Gasteiger partial charge on any atom is -0.480 e. The Morgan fingerprint density at radius 3 is 2.37 bits per heavy atom. The summed E-state index contributed by atoms with van der Waals surface area (Å²) in [5, 5.41) is 16.1. The van der Waals surface area contributed by atoms with E-state index in [1.165, 1.54) is 22.4 Å². The van der Waals surface area contributed by atoms with Crippen LogP contribution in [0.2, 0.25) is 0 Å². The van der Waals surface area contributed by atoms with Crippen LogP contribution in [0.1, 0.15) is 35.3 Å². The molecule has 2 aliphatic rings. The minimum absolute atomic E-state index is 0.0265. The van der Waals surface area contributed by atoms with Crippen LogP contribution in [0.15, 0.2) is 34.6 Å². The Balaban J connectivity index is 1.43. The van der Waals surface area contributed by atoms with Gasteiger partial charge in [-0.2, -0.15) is 26.3 Å². The molecule has 4 rings (SSSR count). The maximum absolute atomic E-state index is 13.2. The highest BCUT2D eigenvalue weighted by atomic mass is 32.2. The number of nitrogens with one attached hydrogen (secondary N) is 2. The van der Waals surface area contributed by atoms with Gasteiger partial charge in [0.15, 0.2) is 0 Å². The number of amides is 2. The lowest BCUT2D eigenvalue weighted by Gasteiger charge is -2.28. The lowest BCUT2D eigenvalue weighted by atomic mass is 9.99. The number of carboxylic acids is 1. The molecule has 41 heavy (non-hydrogen) atoms. The SMILES string of the molecule is O=C(CCN1C(=O)C(=Cc2cc(-c3cc(C(F)(F)F)cc(C(F)(F)F)c3)cs2)SC1=S)N[C@H]1CCN[C@H](C(=O)O)C1. The van der Waals surface area contributed by atoms with Crippen LogP contribution in [0.5, 0.6) is 0 Å². The van der Waals surface area contributed by atoms with Crippen molar-refractivity contribution in [2.75, 3.05) is 13.1 Å². The van der Waals surface area contributed by atoms with Gasteiger partial charge in [0.05, 0.1) is 16.0 Å². The molecular formula is C25H21F6N3O4S3. The third-order valence-electron chi connectivity index (χ3n) is 6.32. The second-order valence-electron chi connectivity index (χ2n) is 9.25. The summed E-state index contributed by atoms with van der Waals surface area (Å²) in [5.74, 6) is -1.87. The molecule has 1 aromatic carbocycles. The Bertz CT molecular complexity index is 1370. The van der Waals surface area contributed by atoms with Crippen LogP contribution >= 0.6 is 35.3 Å². The van der Waals surface area contributed by atoms with Crippen LogP contribution in [0.25, 0.3) is 17.2 Å². The molecule has 2 saturated heterocycles. The molecule has 16 heteroatoms. The van der Waals surface area contributed by atoms with Crippen LogP contribution in [-0.4, -0.2) is 57.3 Å². The molecule has 2 atom stereocenters. The van der Waals surface area contributed by atoms with E-state index < -0.39 is 41.4 Å². The number of thiocarbonyl (C=S) groups is 1. The van der Waals surface area contributed by atoms with Gasteiger partial charge in [-0.15, -0.1) is 11.3 Å². The number of hydrogen-bond donors (Lipinski definition) is 3. The fourth-order valence-electron chi connectivity index (χ4n) is 4.27. The van der Waals surface area contributed by atoms with Crippen molar-refractivity contribution in [3.8, 4) is 11.1 Å². The van der Waals surface area contributed by atoms with E-state index in [1.54, 1.807) is 0 Å². The third kappa shape index (κ3) is 7.67. The van der Waals surface area contributed by atoms with Crippen LogP contribution in [-0.2, 0) is 26.7 Å². The maximum Gasteiger partial charge on any atom is 0.416 e. The number of benzene rings is 1. The van der Waals surface area contributed by atoms with Crippen LogP contribution < -0.4 is 10.6 Å². The number of carbonyl (C=O) groups is 3. The van der Waals surface area contributed by atoms with E-state index in [-0.39, 0.29) is 57.8 Å². The van der Waals surface area contributed by atoms with Crippen molar-refractivity contribution in [1.82, 2.24) is 15.5 Å². The van der Waals surface area contributed by atoms with Crippen molar-refractivity contribution in [3.63, 3.8) is 0 Å². The van der Waals surface area contributed by atoms with Crippen LogP contribution in [0.4, 0.5) is 26.3 Å². The van der Waals surface area contributed by atoms with Gasteiger partial charge in [-0.05, 0) is 66.2 Å². The Morgan fingerprint density at radius 1 is 1.10 bits per heavy atom. The molecule has 220 valence electrons. The Hall–Kier alpha value is -2.95. The zero-order valence-electron chi connectivity index (χ0n) is 20.8. The summed E-state index contributed by atoms with van der Waals surface area (Å²) in [4.78, 5) is 38.3. The Kier molecular flexibility index (Phi) is 9.16. The predicted molar refractivity (Wildman–Crippen MR) is 145 cm³/mol. The van der Waals surface area contributed by atoms with Gasteiger partial charge in [-0.25, -0.2) is 0 Å². The molecule has 2 fully saturated rings. The maximum atomic E-state index is 13.2. The highest BCUT2D eigenvalue weighted by molar-refractivity contribution is 8.26. The van der Waals surface area contributed by atoms with E-state index in [1.807, 2.05) is 0 Å². The molecule has 7 nitrogen and oxygen atoms in total. The number of piperidine rings is 1. The molecule has 0 radical (unpaired) electrons. The fourth-order valence-corrected chi connectivity index (χ4v) is 6.50. The highest BCUT2D eigenvalue weighted by Gasteiger charge is 2.37. The summed E-state index contributed by atoms with van der Waals surface area (Å²) in [7, 11) is 0. The van der Waals surface area contributed by atoms with Gasteiger partial charge in [0.2, 0.25) is 5.91 Å². The van der Waals surface area contributed by atoms with Crippen molar-refractivity contribution in [1.29, 1.82) is 0 Å². The molecule has 3 N–H and O–H groups in total. The number of rotatable bonds is 7. The number of thiophene rings is 1. The van der Waals surface area contributed by atoms with Crippen molar-refractivity contribution in [2.24, 2.45) is 0 Å². The highest BCUT2D eigenvalue weighted by Crippen LogP contribution is 2.40. The van der Waals surface area contributed by atoms with Crippen molar-refractivity contribution >= 4 is 63.5 Å². The van der Waals surface area contributed by atoms with Gasteiger partial charge in [0, 0.05) is 23.9 Å². The van der Waals surface area contributed by atoms with Gasteiger partial charge in [-0.1, -0.05) is 24.0 Å². The first-order valence-electron chi connectivity index (χ1n) is 12.0. The zero-order chi connectivity index (χ0) is 30.1. The normalized spacial score (nSPS) is 21.0. The summed E-state index contributed by atoms with van der Waals surface area (Å²) >= 11 is 7.24. The quantitative estimate of drug-likeness (QED) is 0.214. The predicted octanol–water partition coefficient (Wildman–Crippen LogP) is 5.37. The first-order valence-corrected chi connectivity index (χ1v) is 14.1. The number of halogens is 6. The van der Waals surface area contributed by atoms with Gasteiger partial charge in [0.25, 0.3) is 5.91 Å². The summed E-state index contributed by atoms with van der Waals surface area (Å²) in [6, 6.07) is 1.62. The van der Waals surface area contributed by atoms with Gasteiger partial charge >= 0.3 is 18.3 Å². The van der Waals surface area contributed by atoms with Crippen molar-refractivity contribution in [3.05, 3.63) is 50.6 Å². The number of carboxylic acid groups (broad SMARTS) is 1. The molecule has 2 aliphatic heterocycles. The summed E-state index contributed by atoms with van der Waals surface area (Å²) in [6.07, 6.45) is -7.82. The lowest BCUT2D eigenvalue weighted by molar-refractivity contribution is -0.143. The lowest BCUT2D eigenvalue weighted by Crippen LogP contribution is -2.51. The molecule has 1 aromatic heterocycles. The van der Waals surface area contributed by atoms with E-state index in [0.717, 1.165) is 23.1 Å². The second-order valence-corrected chi connectivity index (χ2v) is 11.9. The smallest absolute Gasteiger partial charge is 0.416 e. The van der Waals surface area contributed by atoms with E-state index in [4.69, 9.17) is 17.3 Å². The topological polar surface area (TPSA) is 98.7 Å². The number of hydrogen-bond acceptors (Lipinski definition) is 7. The first kappa shape index (κ1) is 31.0. The molecule has 2 amide bonds. The van der Waals surface area contributed by atoms with E-state index in [0.29, 0.717) is 30.0 Å². The summed E-state index contributed by atoms with van der Waals surface area (Å²) in [5.41, 5.74) is -3.01. The average Bonchev–Trinajstić information content (AvgIpc) is 3.45. The molecule has 0 bridgehead atoms. The van der Waals surface area contributed by atoms with E-state index in [9.17, 15) is 40.7 Å².